The van der Waals surface area contributed by atoms with Crippen LogP contribution in [0.1, 0.15) is 30.7 Å². The standard InChI is InChI=1S/C20H26N4O2/c1-14-11-15(2)24(22-14)19-6-4-3-5-18(19)21-20(25)23(17-7-8-17)12-16-9-10-26-13-16/h3-6,11,16-17H,7-10,12-13H2,1-2H3,(H,21,25). The number of aromatic nitrogens is 2. The monoisotopic (exact) mass is 354 g/mol. The van der Waals surface area contributed by atoms with Gasteiger partial charge in [-0.2, -0.15) is 5.10 Å². The third-order valence-corrected chi connectivity index (χ3v) is 5.11. The van der Waals surface area contributed by atoms with Gasteiger partial charge in [-0.3, -0.25) is 0 Å². The summed E-state index contributed by atoms with van der Waals surface area (Å²) < 4.78 is 7.36. The first kappa shape index (κ1) is 17.1. The second-order valence-electron chi connectivity index (χ2n) is 7.40. The van der Waals surface area contributed by atoms with E-state index in [9.17, 15) is 4.79 Å². The van der Waals surface area contributed by atoms with Crippen LogP contribution in [0.25, 0.3) is 5.69 Å². The van der Waals surface area contributed by atoms with Crippen molar-refractivity contribution in [2.45, 2.75) is 39.2 Å². The number of urea groups is 1. The molecule has 1 aromatic carbocycles. The molecule has 1 aliphatic heterocycles. The normalized spacial score (nSPS) is 19.5. The number of amides is 2. The molecule has 1 saturated carbocycles. The number of hydrogen-bond donors (Lipinski definition) is 1. The fourth-order valence-corrected chi connectivity index (χ4v) is 3.61. The summed E-state index contributed by atoms with van der Waals surface area (Å²) in [6.07, 6.45) is 3.24. The van der Waals surface area contributed by atoms with Crippen LogP contribution in [0.2, 0.25) is 0 Å². The van der Waals surface area contributed by atoms with Gasteiger partial charge in [0.1, 0.15) is 0 Å². The van der Waals surface area contributed by atoms with Crippen LogP contribution in [0.15, 0.2) is 30.3 Å². The lowest BCUT2D eigenvalue weighted by atomic mass is 10.1. The summed E-state index contributed by atoms with van der Waals surface area (Å²) >= 11 is 0. The Morgan fingerprint density at radius 2 is 2.12 bits per heavy atom. The molecule has 4 rings (SSSR count). The van der Waals surface area contributed by atoms with Gasteiger partial charge in [0.2, 0.25) is 0 Å². The Labute approximate surface area is 154 Å². The highest BCUT2D eigenvalue weighted by Crippen LogP contribution is 2.30. The number of ether oxygens (including phenoxy) is 1. The Balaban J connectivity index is 1.54. The minimum atomic E-state index is -0.0200. The molecule has 2 fully saturated rings. The maximum absolute atomic E-state index is 13.0. The molecule has 2 amide bonds. The van der Waals surface area contributed by atoms with Gasteiger partial charge in [0.25, 0.3) is 0 Å². The number of carbonyl (C=O) groups excluding carboxylic acids is 1. The highest BCUT2D eigenvalue weighted by molar-refractivity contribution is 5.92. The van der Waals surface area contributed by atoms with Gasteiger partial charge in [0.15, 0.2) is 0 Å². The van der Waals surface area contributed by atoms with Crippen LogP contribution in [-0.2, 0) is 4.74 Å². The Morgan fingerprint density at radius 1 is 1.31 bits per heavy atom. The molecule has 1 N–H and O–H groups in total. The number of benzene rings is 1. The van der Waals surface area contributed by atoms with Crippen molar-refractivity contribution in [1.82, 2.24) is 14.7 Å². The SMILES string of the molecule is Cc1cc(C)n(-c2ccccc2NC(=O)N(CC2CCOC2)C2CC2)n1. The summed E-state index contributed by atoms with van der Waals surface area (Å²) in [5.41, 5.74) is 3.69. The van der Waals surface area contributed by atoms with Crippen LogP contribution in [0.4, 0.5) is 10.5 Å². The van der Waals surface area contributed by atoms with Crippen LogP contribution < -0.4 is 5.32 Å². The molecular formula is C20H26N4O2. The first-order chi connectivity index (χ1) is 12.6. The number of rotatable bonds is 5. The van der Waals surface area contributed by atoms with Crippen LogP contribution in [0, 0.1) is 19.8 Å². The summed E-state index contributed by atoms with van der Waals surface area (Å²) in [4.78, 5) is 15.0. The van der Waals surface area contributed by atoms with Crippen molar-refractivity contribution in [3.63, 3.8) is 0 Å². The molecule has 0 radical (unpaired) electrons. The molecular weight excluding hydrogens is 328 g/mol. The molecule has 26 heavy (non-hydrogen) atoms. The first-order valence-electron chi connectivity index (χ1n) is 9.40. The zero-order valence-corrected chi connectivity index (χ0v) is 15.4. The maximum atomic E-state index is 13.0. The van der Waals surface area contributed by atoms with Crippen LogP contribution in [0.5, 0.6) is 0 Å². The Bertz CT molecular complexity index is 791. The van der Waals surface area contributed by atoms with E-state index in [-0.39, 0.29) is 6.03 Å². The van der Waals surface area contributed by atoms with Gasteiger partial charge in [-0.25, -0.2) is 9.48 Å². The van der Waals surface area contributed by atoms with Crippen LogP contribution in [-0.4, -0.2) is 46.5 Å². The largest absolute Gasteiger partial charge is 0.381 e. The number of nitrogens with one attached hydrogen (secondary N) is 1. The van der Waals surface area contributed by atoms with Crippen molar-refractivity contribution < 1.29 is 9.53 Å². The summed E-state index contributed by atoms with van der Waals surface area (Å²) in [7, 11) is 0. The molecule has 2 aliphatic rings. The van der Waals surface area contributed by atoms with E-state index in [1.807, 2.05) is 53.8 Å². The van der Waals surface area contributed by atoms with Crippen molar-refractivity contribution in [3.05, 3.63) is 41.7 Å². The summed E-state index contributed by atoms with van der Waals surface area (Å²) in [6.45, 7) is 6.35. The van der Waals surface area contributed by atoms with E-state index in [0.717, 1.165) is 61.8 Å². The van der Waals surface area contributed by atoms with Gasteiger partial charge in [-0.1, -0.05) is 12.1 Å². The van der Waals surface area contributed by atoms with Gasteiger partial charge in [0.05, 0.1) is 23.7 Å². The lowest BCUT2D eigenvalue weighted by molar-refractivity contribution is 0.167. The summed E-state index contributed by atoms with van der Waals surface area (Å²) in [5, 5.41) is 7.69. The van der Waals surface area contributed by atoms with Gasteiger partial charge in [-0.15, -0.1) is 0 Å². The molecule has 6 nitrogen and oxygen atoms in total. The van der Waals surface area contributed by atoms with Crippen molar-refractivity contribution >= 4 is 11.7 Å². The Morgan fingerprint density at radius 3 is 2.77 bits per heavy atom. The number of anilines is 1. The third-order valence-electron chi connectivity index (χ3n) is 5.11. The van der Waals surface area contributed by atoms with Crippen molar-refractivity contribution in [2.75, 3.05) is 25.1 Å². The Kier molecular flexibility index (Phi) is 4.68. The van der Waals surface area contributed by atoms with E-state index < -0.39 is 0 Å². The molecule has 2 aromatic rings. The van der Waals surface area contributed by atoms with Gasteiger partial charge in [0, 0.05) is 30.8 Å². The minimum absolute atomic E-state index is 0.0200. The molecule has 1 saturated heterocycles. The molecule has 1 aromatic heterocycles. The van der Waals surface area contributed by atoms with E-state index in [1.54, 1.807) is 0 Å². The van der Waals surface area contributed by atoms with Crippen molar-refractivity contribution in [3.8, 4) is 5.69 Å². The number of para-hydroxylation sites is 2. The quantitative estimate of drug-likeness (QED) is 0.894. The number of hydrogen-bond acceptors (Lipinski definition) is 3. The van der Waals surface area contributed by atoms with E-state index in [1.165, 1.54) is 0 Å². The molecule has 138 valence electrons. The van der Waals surface area contributed by atoms with Crippen LogP contribution in [0.3, 0.4) is 0 Å². The number of nitrogens with zero attached hydrogens (tertiary/aromatic N) is 3. The van der Waals surface area contributed by atoms with E-state index >= 15 is 0 Å². The van der Waals surface area contributed by atoms with Crippen molar-refractivity contribution in [2.24, 2.45) is 5.92 Å². The highest BCUT2D eigenvalue weighted by atomic mass is 16.5. The smallest absolute Gasteiger partial charge is 0.322 e. The fourth-order valence-electron chi connectivity index (χ4n) is 3.61. The lowest BCUT2D eigenvalue weighted by Gasteiger charge is -2.26. The molecule has 1 atom stereocenters. The van der Waals surface area contributed by atoms with E-state index in [2.05, 4.69) is 10.4 Å². The predicted molar refractivity (Wildman–Crippen MR) is 101 cm³/mol. The Hall–Kier alpha value is -2.34. The maximum Gasteiger partial charge on any atom is 0.322 e. The first-order valence-corrected chi connectivity index (χ1v) is 9.40. The number of carbonyl (C=O) groups is 1. The van der Waals surface area contributed by atoms with Gasteiger partial charge in [-0.05, 0) is 51.3 Å². The summed E-state index contributed by atoms with van der Waals surface area (Å²) in [5.74, 6) is 0.451. The van der Waals surface area contributed by atoms with E-state index in [0.29, 0.717) is 12.0 Å². The zero-order chi connectivity index (χ0) is 18.1. The topological polar surface area (TPSA) is 59.4 Å². The van der Waals surface area contributed by atoms with Gasteiger partial charge >= 0.3 is 6.03 Å². The molecule has 0 bridgehead atoms. The average Bonchev–Trinajstić information content (AvgIpc) is 3.22. The molecule has 2 heterocycles. The minimum Gasteiger partial charge on any atom is -0.381 e. The molecule has 6 heteroatoms. The second kappa shape index (κ2) is 7.11. The predicted octanol–water partition coefficient (Wildman–Crippen LogP) is 3.52. The van der Waals surface area contributed by atoms with E-state index in [4.69, 9.17) is 4.74 Å². The third kappa shape index (κ3) is 3.60. The average molecular weight is 354 g/mol. The van der Waals surface area contributed by atoms with Crippen molar-refractivity contribution in [1.29, 1.82) is 0 Å². The second-order valence-corrected chi connectivity index (χ2v) is 7.40. The number of aryl methyl sites for hydroxylation is 2. The summed E-state index contributed by atoms with van der Waals surface area (Å²) in [6, 6.07) is 10.2. The molecule has 1 aliphatic carbocycles. The zero-order valence-electron chi connectivity index (χ0n) is 15.4. The highest BCUT2D eigenvalue weighted by Gasteiger charge is 2.35. The fraction of sp³-hybridized carbons (Fsp3) is 0.500. The lowest BCUT2D eigenvalue weighted by Crippen LogP contribution is -2.40. The van der Waals surface area contributed by atoms with Gasteiger partial charge < -0.3 is 15.0 Å². The molecule has 0 spiro atoms. The molecule has 1 unspecified atom stereocenters. The van der Waals surface area contributed by atoms with Crippen LogP contribution >= 0.6 is 0 Å².